The van der Waals surface area contributed by atoms with E-state index < -0.39 is 21.8 Å². The van der Waals surface area contributed by atoms with Gasteiger partial charge in [0.1, 0.15) is 0 Å². The molecule has 1 saturated carbocycles. The van der Waals surface area contributed by atoms with Crippen LogP contribution in [0.5, 0.6) is 0 Å². The molecule has 0 atom stereocenters. The van der Waals surface area contributed by atoms with Gasteiger partial charge in [0.2, 0.25) is 10.0 Å². The zero-order chi connectivity index (χ0) is 20.1. The molecule has 1 aliphatic rings. The van der Waals surface area contributed by atoms with E-state index >= 15 is 0 Å². The van der Waals surface area contributed by atoms with Gasteiger partial charge < -0.3 is 5.32 Å². The van der Waals surface area contributed by atoms with Gasteiger partial charge in [-0.2, -0.15) is 0 Å². The molecular weight excluding hydrogens is 380 g/mol. The molecule has 148 valence electrons. The zero-order valence-electron chi connectivity index (χ0n) is 15.4. The van der Waals surface area contributed by atoms with E-state index in [-0.39, 0.29) is 23.0 Å². The number of hydrogen-bond acceptors (Lipinski definition) is 5. The van der Waals surface area contributed by atoms with Crippen molar-refractivity contribution in [3.63, 3.8) is 0 Å². The first-order valence-electron chi connectivity index (χ1n) is 8.85. The third-order valence-corrected chi connectivity index (χ3v) is 5.68. The molecule has 9 heteroatoms. The Balaban J connectivity index is 1.47. The SMILES string of the molecule is Cc1ccc(NCC(=O)NNC(=O)c2ccc(S(=O)(=O)NC3CC3)cc2)cc1. The monoisotopic (exact) mass is 402 g/mol. The predicted molar refractivity (Wildman–Crippen MR) is 105 cm³/mol. The zero-order valence-corrected chi connectivity index (χ0v) is 16.2. The van der Waals surface area contributed by atoms with E-state index in [2.05, 4.69) is 20.9 Å². The van der Waals surface area contributed by atoms with Gasteiger partial charge in [-0.15, -0.1) is 0 Å². The van der Waals surface area contributed by atoms with E-state index in [1.807, 2.05) is 31.2 Å². The Morgan fingerprint density at radius 1 is 0.964 bits per heavy atom. The van der Waals surface area contributed by atoms with E-state index in [0.29, 0.717) is 0 Å². The molecule has 1 fully saturated rings. The number of nitrogens with one attached hydrogen (secondary N) is 4. The van der Waals surface area contributed by atoms with Crippen LogP contribution in [0.1, 0.15) is 28.8 Å². The van der Waals surface area contributed by atoms with Crippen molar-refractivity contribution in [2.75, 3.05) is 11.9 Å². The van der Waals surface area contributed by atoms with Gasteiger partial charge in [-0.1, -0.05) is 17.7 Å². The van der Waals surface area contributed by atoms with Crippen molar-refractivity contribution in [3.8, 4) is 0 Å². The average Bonchev–Trinajstić information content (AvgIpc) is 3.49. The van der Waals surface area contributed by atoms with Crippen LogP contribution >= 0.6 is 0 Å². The van der Waals surface area contributed by atoms with Crippen LogP contribution < -0.4 is 20.9 Å². The average molecular weight is 402 g/mol. The lowest BCUT2D eigenvalue weighted by Crippen LogP contribution is -2.44. The van der Waals surface area contributed by atoms with Crippen LogP contribution in [-0.4, -0.2) is 32.8 Å². The summed E-state index contributed by atoms with van der Waals surface area (Å²) >= 11 is 0. The summed E-state index contributed by atoms with van der Waals surface area (Å²) in [5, 5.41) is 2.94. The van der Waals surface area contributed by atoms with E-state index in [9.17, 15) is 18.0 Å². The standard InChI is InChI=1S/C19H22N4O4S/c1-13-2-6-15(7-3-13)20-12-18(24)21-22-19(25)14-4-10-17(11-5-14)28(26,27)23-16-8-9-16/h2-7,10-11,16,20,23H,8-9,12H2,1H3,(H,21,24)(H,22,25). The number of benzene rings is 2. The summed E-state index contributed by atoms with van der Waals surface area (Å²) in [6, 6.07) is 13.1. The predicted octanol–water partition coefficient (Wildman–Crippen LogP) is 1.31. The highest BCUT2D eigenvalue weighted by Crippen LogP contribution is 2.22. The number of anilines is 1. The molecule has 2 amide bonds. The highest BCUT2D eigenvalue weighted by atomic mass is 32.2. The molecule has 28 heavy (non-hydrogen) atoms. The van der Waals surface area contributed by atoms with Gasteiger partial charge >= 0.3 is 0 Å². The number of carbonyl (C=O) groups excluding carboxylic acids is 2. The summed E-state index contributed by atoms with van der Waals surface area (Å²) in [4.78, 5) is 24.0. The van der Waals surface area contributed by atoms with Gasteiger partial charge in [0.05, 0.1) is 11.4 Å². The molecule has 8 nitrogen and oxygen atoms in total. The van der Waals surface area contributed by atoms with Gasteiger partial charge in [-0.05, 0) is 56.2 Å². The number of sulfonamides is 1. The van der Waals surface area contributed by atoms with Gasteiger partial charge in [0.25, 0.3) is 11.8 Å². The van der Waals surface area contributed by atoms with E-state index in [1.165, 1.54) is 24.3 Å². The number of hydrazine groups is 1. The van der Waals surface area contributed by atoms with Gasteiger partial charge in [0.15, 0.2) is 0 Å². The summed E-state index contributed by atoms with van der Waals surface area (Å²) in [5.41, 5.74) is 6.75. The quantitative estimate of drug-likeness (QED) is 0.521. The molecule has 0 spiro atoms. The Labute approximate surface area is 163 Å². The third kappa shape index (κ3) is 5.54. The van der Waals surface area contributed by atoms with Gasteiger partial charge in [0, 0.05) is 17.3 Å². The Morgan fingerprint density at radius 3 is 2.21 bits per heavy atom. The summed E-state index contributed by atoms with van der Waals surface area (Å²) in [6.45, 7) is 1.96. The molecule has 0 aromatic heterocycles. The van der Waals surface area contributed by atoms with Crippen molar-refractivity contribution in [1.29, 1.82) is 0 Å². The minimum atomic E-state index is -3.56. The van der Waals surface area contributed by atoms with E-state index in [4.69, 9.17) is 0 Å². The number of aryl methyl sites for hydroxylation is 1. The number of hydrogen-bond donors (Lipinski definition) is 4. The molecule has 0 unspecified atom stereocenters. The van der Waals surface area contributed by atoms with Crippen LogP contribution in [0.15, 0.2) is 53.4 Å². The first-order valence-corrected chi connectivity index (χ1v) is 10.3. The minimum absolute atomic E-state index is 0.00659. The highest BCUT2D eigenvalue weighted by Gasteiger charge is 2.27. The van der Waals surface area contributed by atoms with Crippen molar-refractivity contribution in [2.45, 2.75) is 30.7 Å². The Kier molecular flexibility index (Phi) is 5.96. The number of rotatable bonds is 7. The van der Waals surface area contributed by atoms with Crippen molar-refractivity contribution < 1.29 is 18.0 Å². The Hall–Kier alpha value is -2.91. The fourth-order valence-electron chi connectivity index (χ4n) is 2.37. The molecule has 1 aliphatic carbocycles. The maximum Gasteiger partial charge on any atom is 0.269 e. The number of carbonyl (C=O) groups is 2. The molecule has 2 aromatic rings. The molecule has 0 radical (unpaired) electrons. The Morgan fingerprint density at radius 2 is 1.61 bits per heavy atom. The van der Waals surface area contributed by atoms with Crippen molar-refractivity contribution in [2.24, 2.45) is 0 Å². The first-order chi connectivity index (χ1) is 13.3. The lowest BCUT2D eigenvalue weighted by Gasteiger charge is -2.10. The Bertz CT molecular complexity index is 952. The summed E-state index contributed by atoms with van der Waals surface area (Å²) in [7, 11) is -3.56. The fraction of sp³-hybridized carbons (Fsp3) is 0.263. The maximum absolute atomic E-state index is 12.1. The minimum Gasteiger partial charge on any atom is -0.376 e. The molecule has 2 aromatic carbocycles. The van der Waals surface area contributed by atoms with Gasteiger partial charge in [-0.25, -0.2) is 13.1 Å². The molecule has 0 bridgehead atoms. The summed E-state index contributed by atoms with van der Waals surface area (Å²) in [6.07, 6.45) is 1.69. The molecule has 4 N–H and O–H groups in total. The second kappa shape index (κ2) is 8.41. The fourth-order valence-corrected chi connectivity index (χ4v) is 3.68. The van der Waals surface area contributed by atoms with Crippen LogP contribution in [0, 0.1) is 6.92 Å². The highest BCUT2D eigenvalue weighted by molar-refractivity contribution is 7.89. The lowest BCUT2D eigenvalue weighted by molar-refractivity contribution is -0.120. The second-order valence-electron chi connectivity index (χ2n) is 6.64. The molecule has 3 rings (SSSR count). The third-order valence-electron chi connectivity index (χ3n) is 4.15. The smallest absolute Gasteiger partial charge is 0.269 e. The van der Waals surface area contributed by atoms with Crippen LogP contribution in [0.2, 0.25) is 0 Å². The normalized spacial score (nSPS) is 13.6. The maximum atomic E-state index is 12.1. The second-order valence-corrected chi connectivity index (χ2v) is 8.36. The molecule has 0 saturated heterocycles. The van der Waals surface area contributed by atoms with Crippen LogP contribution in [0.25, 0.3) is 0 Å². The number of amides is 2. The van der Waals surface area contributed by atoms with Crippen LogP contribution in [-0.2, 0) is 14.8 Å². The summed E-state index contributed by atoms with van der Waals surface area (Å²) < 4.78 is 26.8. The largest absolute Gasteiger partial charge is 0.376 e. The van der Waals surface area contributed by atoms with Gasteiger partial charge in [-0.3, -0.25) is 20.4 Å². The van der Waals surface area contributed by atoms with E-state index in [1.54, 1.807) is 0 Å². The molecule has 0 heterocycles. The van der Waals surface area contributed by atoms with Crippen molar-refractivity contribution in [3.05, 3.63) is 59.7 Å². The van der Waals surface area contributed by atoms with Crippen molar-refractivity contribution >= 4 is 27.5 Å². The van der Waals surface area contributed by atoms with Crippen LogP contribution in [0.3, 0.4) is 0 Å². The molecule has 0 aliphatic heterocycles. The topological polar surface area (TPSA) is 116 Å². The lowest BCUT2D eigenvalue weighted by atomic mass is 10.2. The molecular formula is C19H22N4O4S. The summed E-state index contributed by atoms with van der Waals surface area (Å²) in [5.74, 6) is -0.954. The van der Waals surface area contributed by atoms with Crippen molar-refractivity contribution in [1.82, 2.24) is 15.6 Å². The van der Waals surface area contributed by atoms with Crippen LogP contribution in [0.4, 0.5) is 5.69 Å². The first kappa shape index (κ1) is 19.8. The van der Waals surface area contributed by atoms with E-state index in [0.717, 1.165) is 24.1 Å².